The van der Waals surface area contributed by atoms with E-state index in [0.29, 0.717) is 4.47 Å². The van der Waals surface area contributed by atoms with Gasteiger partial charge < -0.3 is 16.2 Å². The van der Waals surface area contributed by atoms with Crippen molar-refractivity contribution in [2.45, 2.75) is 12.5 Å². The monoisotopic (exact) mass is 304 g/mol. The highest BCUT2D eigenvalue weighted by molar-refractivity contribution is 9.10. The summed E-state index contributed by atoms with van der Waals surface area (Å²) in [5, 5.41) is 10.7. The molecule has 0 fully saturated rings. The van der Waals surface area contributed by atoms with Crippen molar-refractivity contribution in [2.24, 2.45) is 5.73 Å². The van der Waals surface area contributed by atoms with Gasteiger partial charge in [-0.3, -0.25) is 9.59 Å². The number of hydrogen-bond acceptors (Lipinski definition) is 3. The van der Waals surface area contributed by atoms with Gasteiger partial charge in [0.1, 0.15) is 5.82 Å². The maximum Gasteiger partial charge on any atom is 0.305 e. The summed E-state index contributed by atoms with van der Waals surface area (Å²) in [7, 11) is 0. The van der Waals surface area contributed by atoms with Gasteiger partial charge in [-0.1, -0.05) is 15.9 Å². The zero-order valence-corrected chi connectivity index (χ0v) is 10.2. The smallest absolute Gasteiger partial charge is 0.305 e. The molecule has 0 heterocycles. The summed E-state index contributed by atoms with van der Waals surface area (Å²) in [6.07, 6.45) is -0.510. The SMILES string of the molecule is NC(CC(=O)O)C(=O)Nc1ccc(Br)cc1F. The van der Waals surface area contributed by atoms with Crippen molar-refractivity contribution < 1.29 is 19.1 Å². The molecular weight excluding hydrogens is 295 g/mol. The molecule has 0 aliphatic rings. The highest BCUT2D eigenvalue weighted by atomic mass is 79.9. The molecular formula is C10H10BrFN2O3. The second-order valence-corrected chi connectivity index (χ2v) is 4.23. The number of amides is 1. The maximum atomic E-state index is 13.3. The van der Waals surface area contributed by atoms with E-state index in [1.54, 1.807) is 6.07 Å². The van der Waals surface area contributed by atoms with Crippen LogP contribution in [0, 0.1) is 5.82 Å². The molecule has 1 unspecified atom stereocenters. The highest BCUT2D eigenvalue weighted by Gasteiger charge is 2.18. The van der Waals surface area contributed by atoms with E-state index in [-0.39, 0.29) is 5.69 Å². The van der Waals surface area contributed by atoms with Crippen LogP contribution in [-0.4, -0.2) is 23.0 Å². The number of anilines is 1. The Bertz CT molecular complexity index is 453. The maximum absolute atomic E-state index is 13.3. The normalized spacial score (nSPS) is 11.9. The van der Waals surface area contributed by atoms with Gasteiger partial charge in [0.15, 0.2) is 0 Å². The van der Waals surface area contributed by atoms with Crippen LogP contribution in [0.25, 0.3) is 0 Å². The van der Waals surface area contributed by atoms with E-state index in [2.05, 4.69) is 21.2 Å². The van der Waals surface area contributed by atoms with Crippen molar-refractivity contribution in [3.05, 3.63) is 28.5 Å². The molecule has 0 spiro atoms. The Morgan fingerprint density at radius 1 is 1.53 bits per heavy atom. The molecule has 0 saturated carbocycles. The Labute approximate surface area is 105 Å². The molecule has 5 nitrogen and oxygen atoms in total. The number of nitrogens with one attached hydrogen (secondary N) is 1. The Hall–Kier alpha value is -1.47. The quantitative estimate of drug-likeness (QED) is 0.782. The Kier molecular flexibility index (Phi) is 4.59. The Balaban J connectivity index is 2.71. The molecule has 4 N–H and O–H groups in total. The predicted octanol–water partition coefficient (Wildman–Crippen LogP) is 1.33. The summed E-state index contributed by atoms with van der Waals surface area (Å²) in [6.45, 7) is 0. The number of nitrogens with two attached hydrogens (primary N) is 1. The number of halogens is 2. The number of carbonyl (C=O) groups excluding carboxylic acids is 1. The molecule has 7 heteroatoms. The van der Waals surface area contributed by atoms with Crippen molar-refractivity contribution in [1.29, 1.82) is 0 Å². The predicted molar refractivity (Wildman–Crippen MR) is 63.0 cm³/mol. The van der Waals surface area contributed by atoms with Gasteiger partial charge in [0.2, 0.25) is 5.91 Å². The lowest BCUT2D eigenvalue weighted by molar-refractivity contribution is -0.138. The van der Waals surface area contributed by atoms with Crippen LogP contribution in [0.3, 0.4) is 0 Å². The molecule has 1 rings (SSSR count). The molecule has 0 aliphatic heterocycles. The fourth-order valence-corrected chi connectivity index (χ4v) is 1.43. The van der Waals surface area contributed by atoms with Gasteiger partial charge in [0.05, 0.1) is 18.2 Å². The topological polar surface area (TPSA) is 92.4 Å². The van der Waals surface area contributed by atoms with Crippen molar-refractivity contribution in [3.8, 4) is 0 Å². The number of carboxylic acid groups (broad SMARTS) is 1. The van der Waals surface area contributed by atoms with Crippen LogP contribution < -0.4 is 11.1 Å². The zero-order valence-electron chi connectivity index (χ0n) is 8.61. The van der Waals surface area contributed by atoms with E-state index in [4.69, 9.17) is 10.8 Å². The van der Waals surface area contributed by atoms with Crippen molar-refractivity contribution in [3.63, 3.8) is 0 Å². The van der Waals surface area contributed by atoms with Gasteiger partial charge in [-0.05, 0) is 18.2 Å². The van der Waals surface area contributed by atoms with Crippen molar-refractivity contribution in [2.75, 3.05) is 5.32 Å². The average Bonchev–Trinajstić information content (AvgIpc) is 2.21. The van der Waals surface area contributed by atoms with Gasteiger partial charge in [0, 0.05) is 4.47 Å². The minimum absolute atomic E-state index is 0.0426. The van der Waals surface area contributed by atoms with E-state index in [0.717, 1.165) is 0 Å². The molecule has 1 aromatic carbocycles. The molecule has 0 radical (unpaired) electrons. The van der Waals surface area contributed by atoms with Crippen LogP contribution in [0.2, 0.25) is 0 Å². The van der Waals surface area contributed by atoms with Crippen molar-refractivity contribution >= 4 is 33.5 Å². The summed E-state index contributed by atoms with van der Waals surface area (Å²) >= 11 is 3.07. The second-order valence-electron chi connectivity index (χ2n) is 3.32. The van der Waals surface area contributed by atoms with E-state index >= 15 is 0 Å². The average molecular weight is 305 g/mol. The standard InChI is InChI=1S/C10H10BrFN2O3/c11-5-1-2-8(6(12)3-5)14-10(17)7(13)4-9(15)16/h1-3,7H,4,13H2,(H,14,17)(H,15,16). The molecule has 92 valence electrons. The second kappa shape index (κ2) is 5.74. The number of rotatable bonds is 4. The highest BCUT2D eigenvalue weighted by Crippen LogP contribution is 2.19. The van der Waals surface area contributed by atoms with Gasteiger partial charge in [-0.2, -0.15) is 0 Å². The van der Waals surface area contributed by atoms with Crippen LogP contribution in [0.5, 0.6) is 0 Å². The Morgan fingerprint density at radius 3 is 2.71 bits per heavy atom. The van der Waals surface area contributed by atoms with Crippen LogP contribution in [-0.2, 0) is 9.59 Å². The number of aliphatic carboxylic acids is 1. The Morgan fingerprint density at radius 2 is 2.18 bits per heavy atom. The molecule has 0 aliphatic carbocycles. The van der Waals surface area contributed by atoms with Gasteiger partial charge in [0.25, 0.3) is 0 Å². The van der Waals surface area contributed by atoms with Crippen LogP contribution in [0.4, 0.5) is 10.1 Å². The van der Waals surface area contributed by atoms with Crippen LogP contribution >= 0.6 is 15.9 Å². The lowest BCUT2D eigenvalue weighted by atomic mass is 10.2. The van der Waals surface area contributed by atoms with Gasteiger partial charge in [-0.15, -0.1) is 0 Å². The fraction of sp³-hybridized carbons (Fsp3) is 0.200. The fourth-order valence-electron chi connectivity index (χ4n) is 1.10. The molecule has 1 aromatic rings. The number of hydrogen-bond donors (Lipinski definition) is 3. The van der Waals surface area contributed by atoms with Crippen molar-refractivity contribution in [1.82, 2.24) is 0 Å². The molecule has 0 aromatic heterocycles. The molecule has 1 amide bonds. The van der Waals surface area contributed by atoms with Gasteiger partial charge in [-0.25, -0.2) is 4.39 Å². The first-order chi connectivity index (χ1) is 7.90. The third-order valence-corrected chi connectivity index (χ3v) is 2.41. The summed E-state index contributed by atoms with van der Waals surface area (Å²) < 4.78 is 13.9. The minimum Gasteiger partial charge on any atom is -0.481 e. The summed E-state index contributed by atoms with van der Waals surface area (Å²) in [6, 6.07) is 2.86. The van der Waals surface area contributed by atoms with Crippen LogP contribution in [0.15, 0.2) is 22.7 Å². The first kappa shape index (κ1) is 13.6. The summed E-state index contributed by atoms with van der Waals surface area (Å²) in [5.41, 5.74) is 5.28. The number of carboxylic acids is 1. The number of carbonyl (C=O) groups is 2. The van der Waals surface area contributed by atoms with E-state index < -0.39 is 30.2 Å². The number of benzene rings is 1. The molecule has 17 heavy (non-hydrogen) atoms. The largest absolute Gasteiger partial charge is 0.481 e. The third-order valence-electron chi connectivity index (χ3n) is 1.92. The first-order valence-corrected chi connectivity index (χ1v) is 5.42. The molecule has 0 saturated heterocycles. The third kappa shape index (κ3) is 4.12. The lowest BCUT2D eigenvalue weighted by Gasteiger charge is -2.10. The van der Waals surface area contributed by atoms with E-state index in [9.17, 15) is 14.0 Å². The van der Waals surface area contributed by atoms with Gasteiger partial charge >= 0.3 is 5.97 Å². The molecule has 1 atom stereocenters. The summed E-state index contributed by atoms with van der Waals surface area (Å²) in [5.74, 6) is -2.56. The van der Waals surface area contributed by atoms with E-state index in [1.165, 1.54) is 12.1 Å². The zero-order chi connectivity index (χ0) is 13.0. The minimum atomic E-state index is -1.21. The van der Waals surface area contributed by atoms with E-state index in [1.807, 2.05) is 0 Å². The summed E-state index contributed by atoms with van der Waals surface area (Å²) in [4.78, 5) is 21.7. The van der Waals surface area contributed by atoms with Crippen LogP contribution in [0.1, 0.15) is 6.42 Å². The lowest BCUT2D eigenvalue weighted by Crippen LogP contribution is -2.37. The first-order valence-electron chi connectivity index (χ1n) is 4.63. The molecule has 0 bridgehead atoms.